The van der Waals surface area contributed by atoms with Crippen molar-refractivity contribution in [3.8, 4) is 17.2 Å². The number of ether oxygens (including phenoxy) is 2. The van der Waals surface area contributed by atoms with Crippen molar-refractivity contribution in [1.29, 1.82) is 0 Å². The number of halogens is 1. The standard InChI is InChI=1S/C22H23ClN2O4/c1-4-28-18-9-8-14(11-19(18)29-5-2)20(25-13(3)26)16-12-17(23)15-7-6-10-24-21(15)22(16)27/h6-12,20,27H,4-5H2,1-3H3,(H,25,26). The molecule has 3 aromatic rings. The molecule has 1 amide bonds. The molecule has 7 heteroatoms. The second-order valence-corrected chi connectivity index (χ2v) is 6.81. The number of aromatic hydroxyl groups is 1. The van der Waals surface area contributed by atoms with Crippen molar-refractivity contribution in [3.05, 3.63) is 58.7 Å². The molecule has 3 rings (SSSR count). The zero-order valence-electron chi connectivity index (χ0n) is 16.5. The summed E-state index contributed by atoms with van der Waals surface area (Å²) in [6.45, 7) is 6.16. The summed E-state index contributed by atoms with van der Waals surface area (Å²) in [5.74, 6) is 0.892. The molecule has 1 heterocycles. The number of hydrogen-bond donors (Lipinski definition) is 2. The number of benzene rings is 2. The van der Waals surface area contributed by atoms with Crippen LogP contribution in [0.2, 0.25) is 5.02 Å². The lowest BCUT2D eigenvalue weighted by atomic mass is 9.95. The van der Waals surface area contributed by atoms with Crippen LogP contribution in [0.3, 0.4) is 0 Å². The monoisotopic (exact) mass is 414 g/mol. The highest BCUT2D eigenvalue weighted by molar-refractivity contribution is 6.35. The lowest BCUT2D eigenvalue weighted by Gasteiger charge is -2.22. The Hall–Kier alpha value is -2.99. The van der Waals surface area contributed by atoms with Crippen molar-refractivity contribution < 1.29 is 19.4 Å². The largest absolute Gasteiger partial charge is 0.505 e. The minimum absolute atomic E-state index is 0.0319. The van der Waals surface area contributed by atoms with Gasteiger partial charge >= 0.3 is 0 Å². The molecule has 0 aliphatic carbocycles. The van der Waals surface area contributed by atoms with E-state index in [0.717, 1.165) is 0 Å². The van der Waals surface area contributed by atoms with E-state index >= 15 is 0 Å². The van der Waals surface area contributed by atoms with Crippen molar-refractivity contribution in [1.82, 2.24) is 10.3 Å². The zero-order valence-corrected chi connectivity index (χ0v) is 17.3. The van der Waals surface area contributed by atoms with Crippen LogP contribution in [0.5, 0.6) is 17.2 Å². The number of rotatable bonds is 7. The summed E-state index contributed by atoms with van der Waals surface area (Å²) in [5.41, 5.74) is 1.54. The number of hydrogen-bond acceptors (Lipinski definition) is 5. The fourth-order valence-electron chi connectivity index (χ4n) is 3.22. The quantitative estimate of drug-likeness (QED) is 0.589. The molecule has 0 fully saturated rings. The fraction of sp³-hybridized carbons (Fsp3) is 0.273. The van der Waals surface area contributed by atoms with E-state index < -0.39 is 6.04 Å². The van der Waals surface area contributed by atoms with Crippen molar-refractivity contribution in [2.45, 2.75) is 26.8 Å². The van der Waals surface area contributed by atoms with E-state index in [-0.39, 0.29) is 11.7 Å². The summed E-state index contributed by atoms with van der Waals surface area (Å²) in [6, 6.07) is 9.95. The average Bonchev–Trinajstić information content (AvgIpc) is 2.71. The van der Waals surface area contributed by atoms with Gasteiger partial charge in [-0.15, -0.1) is 0 Å². The fourth-order valence-corrected chi connectivity index (χ4v) is 3.49. The number of pyridine rings is 1. The van der Waals surface area contributed by atoms with E-state index in [4.69, 9.17) is 21.1 Å². The first kappa shape index (κ1) is 20.7. The number of nitrogens with zero attached hydrogens (tertiary/aromatic N) is 1. The van der Waals surface area contributed by atoms with Gasteiger partial charge < -0.3 is 19.9 Å². The molecule has 0 aliphatic heterocycles. The Morgan fingerprint density at radius 1 is 1.17 bits per heavy atom. The van der Waals surface area contributed by atoms with E-state index in [1.54, 1.807) is 36.5 Å². The molecule has 1 unspecified atom stereocenters. The lowest BCUT2D eigenvalue weighted by molar-refractivity contribution is -0.119. The van der Waals surface area contributed by atoms with Gasteiger partial charge in [0.25, 0.3) is 0 Å². The predicted octanol–water partition coefficient (Wildman–Crippen LogP) is 4.62. The molecule has 152 valence electrons. The smallest absolute Gasteiger partial charge is 0.217 e. The lowest BCUT2D eigenvalue weighted by Crippen LogP contribution is -2.27. The van der Waals surface area contributed by atoms with Gasteiger partial charge in [0, 0.05) is 24.1 Å². The average molecular weight is 415 g/mol. The maximum Gasteiger partial charge on any atom is 0.217 e. The molecule has 6 nitrogen and oxygen atoms in total. The summed E-state index contributed by atoms with van der Waals surface area (Å²) in [6.07, 6.45) is 1.58. The van der Waals surface area contributed by atoms with Crippen molar-refractivity contribution in [2.75, 3.05) is 13.2 Å². The Balaban J connectivity index is 2.17. The summed E-state index contributed by atoms with van der Waals surface area (Å²) >= 11 is 6.44. The Bertz CT molecular complexity index is 1040. The third kappa shape index (κ3) is 4.38. The zero-order chi connectivity index (χ0) is 21.0. The van der Waals surface area contributed by atoms with Gasteiger partial charge in [0.05, 0.1) is 24.3 Å². The first-order valence-electron chi connectivity index (χ1n) is 9.39. The third-order valence-corrected chi connectivity index (χ3v) is 4.72. The highest BCUT2D eigenvalue weighted by Crippen LogP contribution is 2.40. The van der Waals surface area contributed by atoms with Crippen LogP contribution in [-0.2, 0) is 4.79 Å². The third-order valence-electron chi connectivity index (χ3n) is 4.40. The Morgan fingerprint density at radius 2 is 1.90 bits per heavy atom. The summed E-state index contributed by atoms with van der Waals surface area (Å²) < 4.78 is 11.3. The maximum atomic E-state index is 11.9. The van der Waals surface area contributed by atoms with Gasteiger partial charge in [-0.05, 0) is 49.7 Å². The number of phenolic OH excluding ortho intramolecular Hbond substituents is 1. The van der Waals surface area contributed by atoms with Crippen molar-refractivity contribution >= 4 is 28.4 Å². The Morgan fingerprint density at radius 3 is 2.59 bits per heavy atom. The summed E-state index contributed by atoms with van der Waals surface area (Å²) in [7, 11) is 0. The number of carbonyl (C=O) groups excluding carboxylic acids is 1. The minimum atomic E-state index is -0.647. The molecule has 0 bridgehead atoms. The van der Waals surface area contributed by atoms with Crippen LogP contribution in [0.4, 0.5) is 0 Å². The number of aromatic nitrogens is 1. The van der Waals surface area contributed by atoms with Crippen LogP contribution >= 0.6 is 11.6 Å². The summed E-state index contributed by atoms with van der Waals surface area (Å²) in [5, 5.41) is 14.9. The molecule has 0 saturated heterocycles. The molecular weight excluding hydrogens is 392 g/mol. The van der Waals surface area contributed by atoms with Crippen molar-refractivity contribution in [2.24, 2.45) is 0 Å². The molecule has 1 aromatic heterocycles. The van der Waals surface area contributed by atoms with E-state index in [1.807, 2.05) is 19.9 Å². The number of carbonyl (C=O) groups is 1. The molecule has 2 aromatic carbocycles. The summed E-state index contributed by atoms with van der Waals surface area (Å²) in [4.78, 5) is 16.2. The number of phenols is 1. The maximum absolute atomic E-state index is 11.9. The first-order chi connectivity index (χ1) is 14.0. The Labute approximate surface area is 174 Å². The van der Waals surface area contributed by atoms with Gasteiger partial charge in [-0.25, -0.2) is 0 Å². The first-order valence-corrected chi connectivity index (χ1v) is 9.76. The van der Waals surface area contributed by atoms with Crippen LogP contribution in [0.1, 0.15) is 37.9 Å². The highest BCUT2D eigenvalue weighted by atomic mass is 35.5. The molecule has 1 atom stereocenters. The molecule has 29 heavy (non-hydrogen) atoms. The second kappa shape index (κ2) is 9.01. The predicted molar refractivity (Wildman–Crippen MR) is 113 cm³/mol. The van der Waals surface area contributed by atoms with Crippen LogP contribution in [0.15, 0.2) is 42.6 Å². The normalized spacial score (nSPS) is 11.9. The minimum Gasteiger partial charge on any atom is -0.505 e. The number of fused-ring (bicyclic) bond motifs is 1. The van der Waals surface area contributed by atoms with Gasteiger partial charge in [0.1, 0.15) is 11.3 Å². The SMILES string of the molecule is CCOc1ccc(C(NC(C)=O)c2cc(Cl)c3cccnc3c2O)cc1OCC. The molecular formula is C22H23ClN2O4. The highest BCUT2D eigenvalue weighted by Gasteiger charge is 2.23. The van der Waals surface area contributed by atoms with Crippen molar-refractivity contribution in [3.63, 3.8) is 0 Å². The van der Waals surface area contributed by atoms with Gasteiger partial charge in [-0.1, -0.05) is 17.7 Å². The van der Waals surface area contributed by atoms with Gasteiger partial charge in [-0.3, -0.25) is 9.78 Å². The molecule has 0 spiro atoms. The number of nitrogens with one attached hydrogen (secondary N) is 1. The van der Waals surface area contributed by atoms with Gasteiger partial charge in [0.15, 0.2) is 11.5 Å². The van der Waals surface area contributed by atoms with Crippen LogP contribution in [-0.4, -0.2) is 29.2 Å². The van der Waals surface area contributed by atoms with E-state index in [9.17, 15) is 9.90 Å². The van der Waals surface area contributed by atoms with E-state index in [2.05, 4.69) is 10.3 Å². The van der Waals surface area contributed by atoms with Crippen LogP contribution in [0.25, 0.3) is 10.9 Å². The Kier molecular flexibility index (Phi) is 6.44. The number of amides is 1. The van der Waals surface area contributed by atoms with Crippen LogP contribution < -0.4 is 14.8 Å². The second-order valence-electron chi connectivity index (χ2n) is 6.40. The van der Waals surface area contributed by atoms with Crippen LogP contribution in [0, 0.1) is 0 Å². The van der Waals surface area contributed by atoms with E-state index in [0.29, 0.717) is 51.8 Å². The van der Waals surface area contributed by atoms with E-state index in [1.165, 1.54) is 6.92 Å². The topological polar surface area (TPSA) is 80.7 Å². The molecule has 2 N–H and O–H groups in total. The van der Waals surface area contributed by atoms with Gasteiger partial charge in [0.2, 0.25) is 5.91 Å². The molecule has 0 saturated carbocycles. The van der Waals surface area contributed by atoms with Gasteiger partial charge in [-0.2, -0.15) is 0 Å². The molecule has 0 radical (unpaired) electrons. The molecule has 0 aliphatic rings.